The van der Waals surface area contributed by atoms with Crippen LogP contribution in [0.1, 0.15) is 30.3 Å². The number of H-pyrrole nitrogens is 1. The van der Waals surface area contributed by atoms with Gasteiger partial charge in [-0.25, -0.2) is 4.79 Å². The normalized spacial score (nSPS) is 18.8. The van der Waals surface area contributed by atoms with Gasteiger partial charge in [0, 0.05) is 10.8 Å². The average molecular weight is 287 g/mol. The molecule has 1 aromatic carbocycles. The number of aromatic amines is 1. The number of esters is 1. The Morgan fingerprint density at radius 3 is 2.86 bits per heavy atom. The fourth-order valence-corrected chi connectivity index (χ4v) is 2.73. The monoisotopic (exact) mass is 287 g/mol. The summed E-state index contributed by atoms with van der Waals surface area (Å²) in [6, 6.07) is 7.59. The third-order valence-electron chi connectivity index (χ3n) is 4.41. The van der Waals surface area contributed by atoms with E-state index in [0.717, 1.165) is 36.8 Å². The van der Waals surface area contributed by atoms with Gasteiger partial charge in [-0.1, -0.05) is 25.1 Å². The molecule has 2 heterocycles. The quantitative estimate of drug-likeness (QED) is 0.881. The summed E-state index contributed by atoms with van der Waals surface area (Å²) in [7, 11) is 2.13. The number of ether oxygens (including phenoxy) is 1. The third-order valence-corrected chi connectivity index (χ3v) is 4.41. The summed E-state index contributed by atoms with van der Waals surface area (Å²) in [5.74, 6) is -0.340. The van der Waals surface area contributed by atoms with E-state index in [2.05, 4.69) is 29.1 Å². The van der Waals surface area contributed by atoms with Crippen molar-refractivity contribution in [3.05, 3.63) is 30.0 Å². The summed E-state index contributed by atoms with van der Waals surface area (Å²) >= 11 is 0. The van der Waals surface area contributed by atoms with Gasteiger partial charge in [0.15, 0.2) is 5.69 Å². The van der Waals surface area contributed by atoms with Crippen LogP contribution in [0, 0.1) is 5.41 Å². The van der Waals surface area contributed by atoms with E-state index >= 15 is 0 Å². The SMILES string of the molecule is CN1CCC(C)(COC(=O)c2n[nH]c3ccccc23)CC1. The first-order valence-electron chi connectivity index (χ1n) is 7.36. The number of carbonyl (C=O) groups excluding carboxylic acids is 1. The molecule has 5 heteroatoms. The fraction of sp³-hybridized carbons (Fsp3) is 0.500. The molecule has 1 N–H and O–H groups in total. The number of para-hydroxylation sites is 1. The van der Waals surface area contributed by atoms with Gasteiger partial charge in [-0.05, 0) is 39.0 Å². The minimum absolute atomic E-state index is 0.0777. The number of nitrogens with one attached hydrogen (secondary N) is 1. The summed E-state index contributed by atoms with van der Waals surface area (Å²) in [6.45, 7) is 4.76. The number of hydrogen-bond acceptors (Lipinski definition) is 4. The van der Waals surface area contributed by atoms with Crippen molar-refractivity contribution in [2.24, 2.45) is 5.41 Å². The lowest BCUT2D eigenvalue weighted by molar-refractivity contribution is 0.0152. The Morgan fingerprint density at radius 1 is 1.38 bits per heavy atom. The summed E-state index contributed by atoms with van der Waals surface area (Å²) in [6.07, 6.45) is 2.11. The highest BCUT2D eigenvalue weighted by Gasteiger charge is 2.31. The Bertz CT molecular complexity index is 642. The van der Waals surface area contributed by atoms with Crippen molar-refractivity contribution in [1.29, 1.82) is 0 Å². The second kappa shape index (κ2) is 5.48. The molecule has 0 spiro atoms. The van der Waals surface area contributed by atoms with Crippen molar-refractivity contribution in [2.75, 3.05) is 26.7 Å². The molecule has 3 rings (SSSR count). The van der Waals surface area contributed by atoms with Crippen LogP contribution < -0.4 is 0 Å². The molecule has 1 fully saturated rings. The van der Waals surface area contributed by atoms with Crippen LogP contribution in [0.3, 0.4) is 0 Å². The number of aromatic nitrogens is 2. The third kappa shape index (κ3) is 2.93. The maximum atomic E-state index is 12.3. The molecular weight excluding hydrogens is 266 g/mol. The maximum Gasteiger partial charge on any atom is 0.359 e. The zero-order chi connectivity index (χ0) is 14.9. The van der Waals surface area contributed by atoms with Crippen LogP contribution in [-0.4, -0.2) is 47.8 Å². The smallest absolute Gasteiger partial charge is 0.359 e. The van der Waals surface area contributed by atoms with Crippen LogP contribution in [0.15, 0.2) is 24.3 Å². The summed E-state index contributed by atoms with van der Waals surface area (Å²) < 4.78 is 5.53. The van der Waals surface area contributed by atoms with Crippen molar-refractivity contribution < 1.29 is 9.53 Å². The van der Waals surface area contributed by atoms with Crippen molar-refractivity contribution >= 4 is 16.9 Å². The zero-order valence-corrected chi connectivity index (χ0v) is 12.6. The molecule has 1 aromatic heterocycles. The van der Waals surface area contributed by atoms with Crippen molar-refractivity contribution in [1.82, 2.24) is 15.1 Å². The number of hydrogen-bond donors (Lipinski definition) is 1. The van der Waals surface area contributed by atoms with E-state index in [-0.39, 0.29) is 11.4 Å². The molecular formula is C16H21N3O2. The van der Waals surface area contributed by atoms with Crippen LogP contribution in [0.4, 0.5) is 0 Å². The van der Waals surface area contributed by atoms with Crippen LogP contribution >= 0.6 is 0 Å². The average Bonchev–Trinajstić information content (AvgIpc) is 2.92. The van der Waals surface area contributed by atoms with Gasteiger partial charge in [-0.3, -0.25) is 5.10 Å². The van der Waals surface area contributed by atoms with E-state index in [1.165, 1.54) is 0 Å². The van der Waals surface area contributed by atoms with Crippen LogP contribution in [0.2, 0.25) is 0 Å². The van der Waals surface area contributed by atoms with Crippen LogP contribution in [0.25, 0.3) is 10.9 Å². The Hall–Kier alpha value is -1.88. The van der Waals surface area contributed by atoms with Gasteiger partial charge in [-0.2, -0.15) is 5.10 Å². The molecule has 112 valence electrons. The molecule has 5 nitrogen and oxygen atoms in total. The van der Waals surface area contributed by atoms with E-state index in [1.807, 2.05) is 24.3 Å². The summed E-state index contributed by atoms with van der Waals surface area (Å²) in [5.41, 5.74) is 1.31. The zero-order valence-electron chi connectivity index (χ0n) is 12.6. The Kier molecular flexibility index (Phi) is 3.68. The predicted molar refractivity (Wildman–Crippen MR) is 81.2 cm³/mol. The predicted octanol–water partition coefficient (Wildman–Crippen LogP) is 2.45. The minimum atomic E-state index is -0.340. The first-order chi connectivity index (χ1) is 10.1. The van der Waals surface area contributed by atoms with Gasteiger partial charge in [-0.15, -0.1) is 0 Å². The lowest BCUT2D eigenvalue weighted by Gasteiger charge is -2.37. The number of nitrogens with zero attached hydrogens (tertiary/aromatic N) is 2. The van der Waals surface area contributed by atoms with E-state index in [1.54, 1.807) is 0 Å². The minimum Gasteiger partial charge on any atom is -0.460 e. The van der Waals surface area contributed by atoms with Gasteiger partial charge in [0.2, 0.25) is 0 Å². The number of fused-ring (bicyclic) bond motifs is 1. The highest BCUT2D eigenvalue weighted by molar-refractivity contribution is 6.01. The molecule has 1 aliphatic heterocycles. The number of likely N-dealkylation sites (tertiary alicyclic amines) is 1. The molecule has 0 amide bonds. The van der Waals surface area contributed by atoms with E-state index in [4.69, 9.17) is 4.74 Å². The van der Waals surface area contributed by atoms with Crippen molar-refractivity contribution in [3.63, 3.8) is 0 Å². The van der Waals surface area contributed by atoms with Crippen LogP contribution in [-0.2, 0) is 4.74 Å². The second-order valence-electron chi connectivity index (χ2n) is 6.31. The van der Waals surface area contributed by atoms with Gasteiger partial charge in [0.05, 0.1) is 12.1 Å². The number of piperidine rings is 1. The molecule has 0 unspecified atom stereocenters. The number of rotatable bonds is 3. The first kappa shape index (κ1) is 14.1. The second-order valence-corrected chi connectivity index (χ2v) is 6.31. The van der Waals surface area contributed by atoms with Crippen molar-refractivity contribution in [2.45, 2.75) is 19.8 Å². The van der Waals surface area contributed by atoms with Crippen molar-refractivity contribution in [3.8, 4) is 0 Å². The van der Waals surface area contributed by atoms with Gasteiger partial charge >= 0.3 is 5.97 Å². The molecule has 1 saturated heterocycles. The molecule has 0 bridgehead atoms. The van der Waals surface area contributed by atoms with E-state index < -0.39 is 0 Å². The molecule has 0 radical (unpaired) electrons. The standard InChI is InChI=1S/C16H21N3O2/c1-16(7-9-19(2)10-8-16)11-21-15(20)14-12-5-3-4-6-13(12)17-18-14/h3-6H,7-11H2,1-2H3,(H,17,18). The van der Waals surface area contributed by atoms with Gasteiger partial charge in [0.1, 0.15) is 0 Å². The molecule has 1 aliphatic rings. The van der Waals surface area contributed by atoms with Gasteiger partial charge < -0.3 is 9.64 Å². The number of benzene rings is 1. The highest BCUT2D eigenvalue weighted by atomic mass is 16.5. The number of carbonyl (C=O) groups is 1. The molecule has 0 saturated carbocycles. The highest BCUT2D eigenvalue weighted by Crippen LogP contribution is 2.31. The molecule has 2 aromatic rings. The largest absolute Gasteiger partial charge is 0.460 e. The molecule has 0 atom stereocenters. The fourth-order valence-electron chi connectivity index (χ4n) is 2.73. The lowest BCUT2D eigenvalue weighted by Crippen LogP contribution is -2.39. The first-order valence-corrected chi connectivity index (χ1v) is 7.36. The summed E-state index contributed by atoms with van der Waals surface area (Å²) in [4.78, 5) is 14.6. The maximum absolute atomic E-state index is 12.3. The Morgan fingerprint density at radius 2 is 2.10 bits per heavy atom. The Balaban J connectivity index is 1.67. The molecule has 0 aliphatic carbocycles. The van der Waals surface area contributed by atoms with E-state index in [0.29, 0.717) is 12.3 Å². The summed E-state index contributed by atoms with van der Waals surface area (Å²) in [5, 5.41) is 7.77. The van der Waals surface area contributed by atoms with E-state index in [9.17, 15) is 4.79 Å². The van der Waals surface area contributed by atoms with Gasteiger partial charge in [0.25, 0.3) is 0 Å². The Labute approximate surface area is 124 Å². The molecule has 21 heavy (non-hydrogen) atoms. The van der Waals surface area contributed by atoms with Crippen LogP contribution in [0.5, 0.6) is 0 Å². The topological polar surface area (TPSA) is 58.2 Å². The lowest BCUT2D eigenvalue weighted by atomic mass is 9.81.